The van der Waals surface area contributed by atoms with Gasteiger partial charge in [0.1, 0.15) is 18.1 Å². The van der Waals surface area contributed by atoms with Crippen LogP contribution in [0.1, 0.15) is 32.6 Å². The first kappa shape index (κ1) is 26.7. The van der Waals surface area contributed by atoms with Gasteiger partial charge in [0, 0.05) is 0 Å². The van der Waals surface area contributed by atoms with Crippen molar-refractivity contribution in [3.63, 3.8) is 0 Å². The number of aliphatic hydroxyl groups is 1. The maximum absolute atomic E-state index is 12.7. The fourth-order valence-corrected chi connectivity index (χ4v) is 3.45. The Balaban J connectivity index is 2.86. The van der Waals surface area contributed by atoms with Gasteiger partial charge in [0.25, 0.3) is 0 Å². The number of nitrogens with one attached hydrogen (secondary N) is 4. The van der Waals surface area contributed by atoms with Gasteiger partial charge in [-0.3, -0.25) is 19.2 Å². The predicted molar refractivity (Wildman–Crippen MR) is 111 cm³/mol. The molecular formula is C18H30N4O8S. The summed E-state index contributed by atoms with van der Waals surface area (Å²) in [5, 5.41) is 37.9. The maximum atomic E-state index is 12.7. The molecule has 3 amide bonds. The first-order chi connectivity index (χ1) is 14.6. The van der Waals surface area contributed by atoms with E-state index in [0.29, 0.717) is 18.7 Å². The number of rotatable bonds is 13. The Morgan fingerprint density at radius 3 is 2.19 bits per heavy atom. The molecule has 0 aliphatic carbocycles. The molecule has 0 aromatic heterocycles. The Morgan fingerprint density at radius 1 is 1.06 bits per heavy atom. The zero-order valence-corrected chi connectivity index (χ0v) is 18.2. The van der Waals surface area contributed by atoms with Crippen LogP contribution in [0.4, 0.5) is 0 Å². The van der Waals surface area contributed by atoms with Gasteiger partial charge in [0.2, 0.25) is 17.7 Å². The lowest BCUT2D eigenvalue weighted by atomic mass is 10.1. The number of carbonyl (C=O) groups is 5. The zero-order valence-electron chi connectivity index (χ0n) is 17.4. The van der Waals surface area contributed by atoms with Crippen molar-refractivity contribution in [2.75, 3.05) is 18.6 Å². The van der Waals surface area contributed by atoms with E-state index >= 15 is 0 Å². The SMILES string of the molecule is CSCCC(NC(=O)C(NC(=O)C1CCCN1)C(C)O)C(=O)NC(CC(=O)O)C(=O)O. The number of amides is 3. The molecule has 1 aliphatic heterocycles. The van der Waals surface area contributed by atoms with Gasteiger partial charge in [0.15, 0.2) is 0 Å². The summed E-state index contributed by atoms with van der Waals surface area (Å²) in [5.41, 5.74) is 0. The molecule has 0 spiro atoms. The Morgan fingerprint density at radius 2 is 1.71 bits per heavy atom. The number of aliphatic hydroxyl groups excluding tert-OH is 1. The molecule has 0 saturated carbocycles. The Hall–Kier alpha value is -2.38. The molecule has 0 aromatic carbocycles. The van der Waals surface area contributed by atoms with E-state index in [-0.39, 0.29) is 6.42 Å². The normalized spacial score (nSPS) is 19.5. The Labute approximate surface area is 183 Å². The van der Waals surface area contributed by atoms with Crippen molar-refractivity contribution in [2.24, 2.45) is 0 Å². The third kappa shape index (κ3) is 9.11. The van der Waals surface area contributed by atoms with E-state index in [1.54, 1.807) is 6.26 Å². The first-order valence-corrected chi connectivity index (χ1v) is 11.2. The van der Waals surface area contributed by atoms with Gasteiger partial charge in [-0.1, -0.05) is 0 Å². The highest BCUT2D eigenvalue weighted by atomic mass is 32.2. The minimum atomic E-state index is -1.67. The number of aliphatic carboxylic acids is 2. The van der Waals surface area contributed by atoms with E-state index in [9.17, 15) is 29.1 Å². The summed E-state index contributed by atoms with van der Waals surface area (Å²) in [5.74, 6) is -4.63. The Kier molecular flexibility index (Phi) is 11.3. The molecule has 7 N–H and O–H groups in total. The van der Waals surface area contributed by atoms with E-state index in [4.69, 9.17) is 10.2 Å². The van der Waals surface area contributed by atoms with Crippen molar-refractivity contribution < 1.29 is 39.3 Å². The molecule has 12 nitrogen and oxygen atoms in total. The van der Waals surface area contributed by atoms with Crippen LogP contribution in [0.3, 0.4) is 0 Å². The molecule has 0 bridgehead atoms. The number of carbonyl (C=O) groups excluding carboxylic acids is 3. The molecule has 0 radical (unpaired) electrons. The van der Waals surface area contributed by atoms with Crippen molar-refractivity contribution in [2.45, 2.75) is 62.9 Å². The van der Waals surface area contributed by atoms with E-state index in [0.717, 1.165) is 6.42 Å². The quantitative estimate of drug-likeness (QED) is 0.159. The largest absolute Gasteiger partial charge is 0.481 e. The van der Waals surface area contributed by atoms with Gasteiger partial charge in [-0.25, -0.2) is 4.79 Å². The van der Waals surface area contributed by atoms with Crippen LogP contribution in [0.25, 0.3) is 0 Å². The lowest BCUT2D eigenvalue weighted by Crippen LogP contribution is -2.59. The van der Waals surface area contributed by atoms with E-state index in [2.05, 4.69) is 21.3 Å². The molecule has 5 unspecified atom stereocenters. The summed E-state index contributed by atoms with van der Waals surface area (Å²) in [6.07, 6.45) is 1.22. The molecule has 1 fully saturated rings. The predicted octanol–water partition coefficient (Wildman–Crippen LogP) is -2.11. The topological polar surface area (TPSA) is 194 Å². The third-order valence-corrected chi connectivity index (χ3v) is 5.32. The fraction of sp³-hybridized carbons (Fsp3) is 0.722. The summed E-state index contributed by atoms with van der Waals surface area (Å²) < 4.78 is 0. The number of hydrogen-bond donors (Lipinski definition) is 7. The average Bonchev–Trinajstić information content (AvgIpc) is 3.22. The van der Waals surface area contributed by atoms with Gasteiger partial charge in [-0.2, -0.15) is 11.8 Å². The van der Waals surface area contributed by atoms with E-state index in [1.807, 2.05) is 0 Å². The van der Waals surface area contributed by atoms with Crippen LogP contribution < -0.4 is 21.3 Å². The van der Waals surface area contributed by atoms with Crippen LogP contribution >= 0.6 is 11.8 Å². The van der Waals surface area contributed by atoms with Crippen molar-refractivity contribution in [1.82, 2.24) is 21.3 Å². The van der Waals surface area contributed by atoms with Crippen molar-refractivity contribution in [1.29, 1.82) is 0 Å². The lowest BCUT2D eigenvalue weighted by molar-refractivity contribution is -0.147. The molecule has 1 saturated heterocycles. The molecular weight excluding hydrogens is 432 g/mol. The van der Waals surface area contributed by atoms with Gasteiger partial charge in [-0.05, 0) is 44.7 Å². The highest BCUT2D eigenvalue weighted by Gasteiger charge is 2.33. The second-order valence-electron chi connectivity index (χ2n) is 7.22. The van der Waals surface area contributed by atoms with E-state index in [1.165, 1.54) is 18.7 Å². The van der Waals surface area contributed by atoms with Crippen LogP contribution in [0, 0.1) is 0 Å². The number of hydrogen-bond acceptors (Lipinski definition) is 8. The van der Waals surface area contributed by atoms with Crippen LogP contribution in [0.15, 0.2) is 0 Å². The summed E-state index contributed by atoms with van der Waals surface area (Å²) in [7, 11) is 0. The third-order valence-electron chi connectivity index (χ3n) is 4.68. The lowest BCUT2D eigenvalue weighted by Gasteiger charge is -2.26. The number of thioether (sulfide) groups is 1. The van der Waals surface area contributed by atoms with Crippen LogP contribution in [0.5, 0.6) is 0 Å². The summed E-state index contributed by atoms with van der Waals surface area (Å²) in [6.45, 7) is 1.98. The van der Waals surface area contributed by atoms with Gasteiger partial charge < -0.3 is 36.6 Å². The van der Waals surface area contributed by atoms with Gasteiger partial charge >= 0.3 is 11.9 Å². The zero-order chi connectivity index (χ0) is 23.6. The second-order valence-corrected chi connectivity index (χ2v) is 8.20. The molecule has 13 heteroatoms. The standard InChI is InChI=1S/C18H30N4O8S/c1-9(23)14(22-15(26)10-4-3-6-19-10)17(28)20-11(5-7-31-2)16(27)21-12(18(29)30)8-13(24)25/h9-12,14,19,23H,3-8H2,1-2H3,(H,20,28)(H,21,27)(H,22,26)(H,24,25)(H,29,30). The maximum Gasteiger partial charge on any atom is 0.326 e. The number of carboxylic acid groups (broad SMARTS) is 2. The average molecular weight is 463 g/mol. The molecule has 0 aromatic rings. The molecule has 1 aliphatic rings. The molecule has 31 heavy (non-hydrogen) atoms. The second kappa shape index (κ2) is 13.1. The molecule has 1 rings (SSSR count). The van der Waals surface area contributed by atoms with Crippen LogP contribution in [-0.4, -0.2) is 93.8 Å². The van der Waals surface area contributed by atoms with Gasteiger partial charge in [-0.15, -0.1) is 0 Å². The summed E-state index contributed by atoms with van der Waals surface area (Å²) in [4.78, 5) is 59.6. The fourth-order valence-electron chi connectivity index (χ4n) is 2.98. The van der Waals surface area contributed by atoms with Crippen molar-refractivity contribution in [3.05, 3.63) is 0 Å². The molecule has 176 valence electrons. The van der Waals surface area contributed by atoms with E-state index < -0.39 is 66.4 Å². The van der Waals surface area contributed by atoms with Crippen molar-refractivity contribution >= 4 is 41.4 Å². The molecule has 5 atom stereocenters. The van der Waals surface area contributed by atoms with Crippen LogP contribution in [-0.2, 0) is 24.0 Å². The first-order valence-electron chi connectivity index (χ1n) is 9.82. The van der Waals surface area contributed by atoms with Gasteiger partial charge in [0.05, 0.1) is 18.6 Å². The van der Waals surface area contributed by atoms with Crippen LogP contribution in [0.2, 0.25) is 0 Å². The molecule has 1 heterocycles. The summed E-state index contributed by atoms with van der Waals surface area (Å²) in [6, 6.07) is -4.65. The highest BCUT2D eigenvalue weighted by Crippen LogP contribution is 2.07. The minimum absolute atomic E-state index is 0.128. The Bertz CT molecular complexity index is 669. The number of carboxylic acids is 2. The van der Waals surface area contributed by atoms with Crippen molar-refractivity contribution in [3.8, 4) is 0 Å². The minimum Gasteiger partial charge on any atom is -0.481 e. The summed E-state index contributed by atoms with van der Waals surface area (Å²) >= 11 is 1.38. The smallest absolute Gasteiger partial charge is 0.326 e. The monoisotopic (exact) mass is 462 g/mol. The highest BCUT2D eigenvalue weighted by molar-refractivity contribution is 7.98.